The highest BCUT2D eigenvalue weighted by Crippen LogP contribution is 2.16. The topological polar surface area (TPSA) is 43.8 Å². The molecule has 0 aliphatic rings. The maximum Gasteiger partial charge on any atom is 0.139 e. The van der Waals surface area contributed by atoms with Gasteiger partial charge in [0.2, 0.25) is 0 Å². The van der Waals surface area contributed by atoms with Crippen LogP contribution in [0.3, 0.4) is 0 Å². The monoisotopic (exact) mass is 271 g/mol. The summed E-state index contributed by atoms with van der Waals surface area (Å²) >= 11 is 2.18. The molecular formula is C7H7BIN3. The SMILES string of the molecule is Bc1ccc2c(c1)c(I)nn2N. The summed E-state index contributed by atoms with van der Waals surface area (Å²) in [6, 6.07) is 6.11. The molecule has 0 saturated carbocycles. The van der Waals surface area contributed by atoms with E-state index in [1.54, 1.807) is 0 Å². The minimum atomic E-state index is 0.953. The van der Waals surface area contributed by atoms with Gasteiger partial charge >= 0.3 is 0 Å². The van der Waals surface area contributed by atoms with E-state index in [-0.39, 0.29) is 0 Å². The number of hydrogen-bond donors (Lipinski definition) is 1. The van der Waals surface area contributed by atoms with E-state index in [2.05, 4.69) is 41.6 Å². The highest BCUT2D eigenvalue weighted by atomic mass is 127. The third-order valence-corrected chi connectivity index (χ3v) is 2.61. The molecule has 0 aliphatic carbocycles. The molecule has 0 saturated heterocycles. The highest BCUT2D eigenvalue weighted by Gasteiger charge is 2.04. The fourth-order valence-corrected chi connectivity index (χ4v) is 1.88. The van der Waals surface area contributed by atoms with Crippen molar-refractivity contribution in [1.29, 1.82) is 0 Å². The summed E-state index contributed by atoms with van der Waals surface area (Å²) in [6.07, 6.45) is 0. The Morgan fingerprint density at radius 1 is 1.50 bits per heavy atom. The van der Waals surface area contributed by atoms with Crippen LogP contribution in [0.15, 0.2) is 18.2 Å². The van der Waals surface area contributed by atoms with E-state index in [9.17, 15) is 0 Å². The molecule has 3 nitrogen and oxygen atoms in total. The molecule has 2 rings (SSSR count). The third-order valence-electron chi connectivity index (χ3n) is 1.82. The van der Waals surface area contributed by atoms with Gasteiger partial charge in [-0.15, -0.1) is 5.10 Å². The van der Waals surface area contributed by atoms with Crippen molar-refractivity contribution in [1.82, 2.24) is 9.89 Å². The fourth-order valence-electron chi connectivity index (χ4n) is 1.22. The van der Waals surface area contributed by atoms with Crippen molar-refractivity contribution in [2.24, 2.45) is 0 Å². The van der Waals surface area contributed by atoms with Gasteiger partial charge in [-0.3, -0.25) is 0 Å². The number of nitrogens with two attached hydrogens (primary N) is 1. The van der Waals surface area contributed by atoms with E-state index in [0.29, 0.717) is 0 Å². The molecule has 0 atom stereocenters. The second-order valence-electron chi connectivity index (χ2n) is 2.76. The van der Waals surface area contributed by atoms with Gasteiger partial charge in [0.15, 0.2) is 0 Å². The average Bonchev–Trinajstić information content (AvgIpc) is 2.28. The third kappa shape index (κ3) is 1.08. The van der Waals surface area contributed by atoms with E-state index in [0.717, 1.165) is 14.6 Å². The van der Waals surface area contributed by atoms with Crippen LogP contribution in [-0.4, -0.2) is 17.7 Å². The van der Waals surface area contributed by atoms with Crippen LogP contribution in [0.4, 0.5) is 0 Å². The molecular weight excluding hydrogens is 264 g/mol. The minimum absolute atomic E-state index is 0.953. The number of benzene rings is 1. The number of rotatable bonds is 0. The Bertz CT molecular complexity index is 437. The van der Waals surface area contributed by atoms with Crippen LogP contribution in [0.5, 0.6) is 0 Å². The fraction of sp³-hybridized carbons (Fsp3) is 0. The molecule has 1 aromatic heterocycles. The van der Waals surface area contributed by atoms with Crippen LogP contribution in [-0.2, 0) is 0 Å². The van der Waals surface area contributed by atoms with E-state index < -0.39 is 0 Å². The maximum absolute atomic E-state index is 5.63. The lowest BCUT2D eigenvalue weighted by atomic mass is 9.95. The summed E-state index contributed by atoms with van der Waals surface area (Å²) in [5, 5.41) is 5.24. The number of halogens is 1. The van der Waals surface area contributed by atoms with Crippen molar-refractivity contribution in [3.8, 4) is 0 Å². The lowest BCUT2D eigenvalue weighted by Crippen LogP contribution is -2.10. The van der Waals surface area contributed by atoms with E-state index in [4.69, 9.17) is 5.84 Å². The molecule has 5 heteroatoms. The van der Waals surface area contributed by atoms with Crippen LogP contribution >= 0.6 is 22.6 Å². The van der Waals surface area contributed by atoms with Gasteiger partial charge in [0.1, 0.15) is 11.5 Å². The summed E-state index contributed by atoms with van der Waals surface area (Å²) in [7, 11) is 2.06. The first kappa shape index (κ1) is 7.91. The molecule has 0 aliphatic heterocycles. The van der Waals surface area contributed by atoms with Gasteiger partial charge in [-0.2, -0.15) is 4.79 Å². The minimum Gasteiger partial charge on any atom is -0.323 e. The summed E-state index contributed by atoms with van der Waals surface area (Å²) in [5.74, 6) is 5.63. The Balaban J connectivity index is 2.90. The van der Waals surface area contributed by atoms with Crippen molar-refractivity contribution in [2.75, 3.05) is 5.84 Å². The van der Waals surface area contributed by atoms with Gasteiger partial charge in [-0.05, 0) is 28.7 Å². The van der Waals surface area contributed by atoms with Crippen molar-refractivity contribution in [3.63, 3.8) is 0 Å². The van der Waals surface area contributed by atoms with Crippen LogP contribution in [0.25, 0.3) is 10.9 Å². The maximum atomic E-state index is 5.63. The summed E-state index contributed by atoms with van der Waals surface area (Å²) in [5.41, 5.74) is 2.21. The quantitative estimate of drug-likeness (QED) is 0.403. The molecule has 0 bridgehead atoms. The van der Waals surface area contributed by atoms with E-state index >= 15 is 0 Å². The van der Waals surface area contributed by atoms with Crippen LogP contribution in [0, 0.1) is 3.70 Å². The van der Waals surface area contributed by atoms with Gasteiger partial charge in [0, 0.05) is 5.39 Å². The number of fused-ring (bicyclic) bond motifs is 1. The van der Waals surface area contributed by atoms with Gasteiger partial charge < -0.3 is 5.84 Å². The summed E-state index contributed by atoms with van der Waals surface area (Å²) in [4.78, 5) is 1.41. The Morgan fingerprint density at radius 2 is 2.25 bits per heavy atom. The van der Waals surface area contributed by atoms with Gasteiger partial charge in [0.25, 0.3) is 0 Å². The molecule has 12 heavy (non-hydrogen) atoms. The Labute approximate surface area is 84.4 Å². The normalized spacial score (nSPS) is 10.8. The van der Waals surface area contributed by atoms with Crippen LogP contribution in [0.1, 0.15) is 0 Å². The number of nitrogens with zero attached hydrogens (tertiary/aromatic N) is 2. The largest absolute Gasteiger partial charge is 0.323 e. The molecule has 0 spiro atoms. The van der Waals surface area contributed by atoms with Gasteiger partial charge in [-0.25, -0.2) is 0 Å². The van der Waals surface area contributed by atoms with E-state index in [1.165, 1.54) is 10.3 Å². The number of aromatic nitrogens is 2. The zero-order valence-electron chi connectivity index (χ0n) is 6.58. The second kappa shape index (κ2) is 2.65. The molecule has 0 unspecified atom stereocenters. The standard InChI is InChI=1S/C7H7BIN3/c8-4-1-2-6-5(3-4)7(9)11-12(6)10/h1-3H,8,10H2. The van der Waals surface area contributed by atoms with Crippen molar-refractivity contribution in [2.45, 2.75) is 0 Å². The van der Waals surface area contributed by atoms with Gasteiger partial charge in [0.05, 0.1) is 5.52 Å². The van der Waals surface area contributed by atoms with Crippen LogP contribution in [0.2, 0.25) is 0 Å². The summed E-state index contributed by atoms with van der Waals surface area (Å²) < 4.78 is 0.953. The molecule has 60 valence electrons. The van der Waals surface area contributed by atoms with Crippen molar-refractivity contribution >= 4 is 46.8 Å². The second-order valence-corrected chi connectivity index (χ2v) is 3.78. The Kier molecular flexibility index (Phi) is 1.75. The van der Waals surface area contributed by atoms with Crippen molar-refractivity contribution < 1.29 is 0 Å². The Morgan fingerprint density at radius 3 is 3.00 bits per heavy atom. The molecule has 2 N–H and O–H groups in total. The highest BCUT2D eigenvalue weighted by molar-refractivity contribution is 14.1. The molecule has 2 aromatic rings. The smallest absolute Gasteiger partial charge is 0.139 e. The van der Waals surface area contributed by atoms with Crippen LogP contribution < -0.4 is 11.3 Å². The molecule has 0 radical (unpaired) electrons. The predicted octanol–water partition coefficient (Wildman–Crippen LogP) is -0.387. The number of hydrogen-bond acceptors (Lipinski definition) is 2. The first-order valence-electron chi connectivity index (χ1n) is 3.58. The lowest BCUT2D eigenvalue weighted by molar-refractivity contribution is 0.851. The first-order valence-corrected chi connectivity index (χ1v) is 4.66. The predicted molar refractivity (Wildman–Crippen MR) is 60.8 cm³/mol. The molecule has 1 aromatic carbocycles. The summed E-state index contributed by atoms with van der Waals surface area (Å²) in [6.45, 7) is 0. The first-order chi connectivity index (χ1) is 5.68. The zero-order chi connectivity index (χ0) is 8.72. The molecule has 0 fully saturated rings. The average molecular weight is 271 g/mol. The molecule has 0 amide bonds. The lowest BCUT2D eigenvalue weighted by Gasteiger charge is -1.94. The van der Waals surface area contributed by atoms with E-state index in [1.807, 2.05) is 12.1 Å². The van der Waals surface area contributed by atoms with Gasteiger partial charge in [-0.1, -0.05) is 17.6 Å². The zero-order valence-corrected chi connectivity index (χ0v) is 8.74. The number of nitrogen functional groups attached to an aromatic ring is 1. The molecule has 1 heterocycles. The van der Waals surface area contributed by atoms with Crippen molar-refractivity contribution in [3.05, 3.63) is 21.9 Å². The Hall–Kier alpha value is -0.715.